The second-order valence-corrected chi connectivity index (χ2v) is 9.19. The standard InChI is InChI=1S/C19H33N5O2.HI/c1-7-20-15(21-13-17(2,3)18(13,4)5)24-10-8-12(9-11-24)19(6)14(25)22-16(26)23-19;/h12-13H,7-11H2,1-6H3,(H,20,21)(H2,22,23,25,26);1H. The van der Waals surface area contributed by atoms with Crippen LogP contribution in [0.4, 0.5) is 4.79 Å². The van der Waals surface area contributed by atoms with Gasteiger partial charge in [-0.15, -0.1) is 24.0 Å². The van der Waals surface area contributed by atoms with Gasteiger partial charge in [-0.05, 0) is 43.4 Å². The van der Waals surface area contributed by atoms with Crippen molar-refractivity contribution in [2.45, 2.75) is 66.0 Å². The molecule has 1 atom stereocenters. The Labute approximate surface area is 179 Å². The van der Waals surface area contributed by atoms with Gasteiger partial charge in [0.05, 0.1) is 0 Å². The van der Waals surface area contributed by atoms with Crippen molar-refractivity contribution in [1.29, 1.82) is 0 Å². The molecule has 27 heavy (non-hydrogen) atoms. The fourth-order valence-electron chi connectivity index (χ4n) is 4.59. The van der Waals surface area contributed by atoms with Crippen molar-refractivity contribution < 1.29 is 9.59 Å². The Kier molecular flexibility index (Phi) is 6.10. The number of amides is 3. The number of carbonyl (C=O) groups is 2. The van der Waals surface area contributed by atoms with Crippen LogP contribution in [0.15, 0.2) is 4.99 Å². The van der Waals surface area contributed by atoms with E-state index in [1.807, 2.05) is 6.92 Å². The molecule has 3 rings (SSSR count). The maximum atomic E-state index is 12.2. The van der Waals surface area contributed by atoms with Gasteiger partial charge in [-0.25, -0.2) is 4.79 Å². The van der Waals surface area contributed by atoms with Crippen LogP contribution in [0.2, 0.25) is 0 Å². The number of nitrogens with one attached hydrogen (secondary N) is 3. The Balaban J connectivity index is 0.00000261. The highest BCUT2D eigenvalue weighted by molar-refractivity contribution is 14.0. The van der Waals surface area contributed by atoms with Gasteiger partial charge in [-0.2, -0.15) is 0 Å². The van der Waals surface area contributed by atoms with Crippen molar-refractivity contribution >= 4 is 41.9 Å². The lowest BCUT2D eigenvalue weighted by molar-refractivity contribution is -0.125. The second kappa shape index (κ2) is 7.40. The molecule has 0 aromatic heterocycles. The number of nitrogens with zero attached hydrogens (tertiary/aromatic N) is 2. The molecule has 2 aliphatic heterocycles. The molecule has 0 spiro atoms. The van der Waals surface area contributed by atoms with Crippen LogP contribution in [-0.4, -0.2) is 54.0 Å². The first-order valence-corrected chi connectivity index (χ1v) is 9.73. The highest BCUT2D eigenvalue weighted by Gasteiger charge is 2.65. The maximum absolute atomic E-state index is 12.2. The molecule has 1 saturated carbocycles. The minimum Gasteiger partial charge on any atom is -0.352 e. The van der Waals surface area contributed by atoms with E-state index in [1.54, 1.807) is 0 Å². The van der Waals surface area contributed by atoms with Gasteiger partial charge in [-0.3, -0.25) is 15.1 Å². The number of piperidine rings is 1. The molecular formula is C19H34IN5O2. The first-order chi connectivity index (χ1) is 12.0. The molecule has 3 fully saturated rings. The summed E-state index contributed by atoms with van der Waals surface area (Å²) in [6.07, 6.45) is 1.71. The van der Waals surface area contributed by atoms with Crippen molar-refractivity contribution in [2.24, 2.45) is 21.7 Å². The van der Waals surface area contributed by atoms with Gasteiger partial charge in [-0.1, -0.05) is 27.7 Å². The number of imide groups is 1. The lowest BCUT2D eigenvalue weighted by Gasteiger charge is -2.40. The number of hydrogen-bond acceptors (Lipinski definition) is 3. The maximum Gasteiger partial charge on any atom is 0.322 e. The van der Waals surface area contributed by atoms with Gasteiger partial charge in [0.15, 0.2) is 5.96 Å². The molecule has 0 radical (unpaired) electrons. The summed E-state index contributed by atoms with van der Waals surface area (Å²) in [4.78, 5) is 30.7. The van der Waals surface area contributed by atoms with E-state index < -0.39 is 5.54 Å². The molecule has 8 heteroatoms. The van der Waals surface area contributed by atoms with Crippen LogP contribution in [0.5, 0.6) is 0 Å². The zero-order chi connectivity index (χ0) is 19.3. The molecular weight excluding hydrogens is 457 g/mol. The zero-order valence-corrected chi connectivity index (χ0v) is 19.6. The fourth-order valence-corrected chi connectivity index (χ4v) is 4.59. The van der Waals surface area contributed by atoms with E-state index in [0.717, 1.165) is 38.4 Å². The molecule has 3 amide bonds. The van der Waals surface area contributed by atoms with Crippen LogP contribution < -0.4 is 16.0 Å². The average molecular weight is 491 g/mol. The number of carbonyl (C=O) groups excluding carboxylic acids is 2. The Morgan fingerprint density at radius 3 is 2.11 bits per heavy atom. The molecule has 0 bridgehead atoms. The highest BCUT2D eigenvalue weighted by atomic mass is 127. The fraction of sp³-hybridized carbons (Fsp3) is 0.842. The SMILES string of the molecule is CCN=C(NC1C(C)(C)C1(C)C)N1CCC(C2(C)NC(=O)NC2=O)CC1.I. The Bertz CT molecular complexity index is 626. The van der Waals surface area contributed by atoms with Crippen LogP contribution in [0, 0.1) is 16.7 Å². The minimum atomic E-state index is -0.793. The number of urea groups is 1. The quantitative estimate of drug-likeness (QED) is 0.245. The average Bonchev–Trinajstić information content (AvgIpc) is 2.80. The lowest BCUT2D eigenvalue weighted by Crippen LogP contribution is -2.55. The predicted molar refractivity (Wildman–Crippen MR) is 117 cm³/mol. The summed E-state index contributed by atoms with van der Waals surface area (Å²) >= 11 is 0. The summed E-state index contributed by atoms with van der Waals surface area (Å²) < 4.78 is 0. The Morgan fingerprint density at radius 1 is 1.15 bits per heavy atom. The Hall–Kier alpha value is -1.06. The highest BCUT2D eigenvalue weighted by Crippen LogP contribution is 2.62. The van der Waals surface area contributed by atoms with Crippen molar-refractivity contribution in [3.8, 4) is 0 Å². The van der Waals surface area contributed by atoms with Gasteiger partial charge < -0.3 is 15.5 Å². The summed E-state index contributed by atoms with van der Waals surface area (Å²) in [6.45, 7) is 15.5. The topological polar surface area (TPSA) is 85.8 Å². The molecule has 3 aliphatic rings. The normalized spacial score (nSPS) is 30.4. The predicted octanol–water partition coefficient (Wildman–Crippen LogP) is 2.31. The summed E-state index contributed by atoms with van der Waals surface area (Å²) in [5.41, 5.74) is -0.293. The number of rotatable bonds is 3. The van der Waals surface area contributed by atoms with E-state index in [0.29, 0.717) is 6.04 Å². The smallest absolute Gasteiger partial charge is 0.322 e. The second-order valence-electron chi connectivity index (χ2n) is 9.19. The Morgan fingerprint density at radius 2 is 1.70 bits per heavy atom. The monoisotopic (exact) mass is 491 g/mol. The molecule has 3 N–H and O–H groups in total. The van der Waals surface area contributed by atoms with E-state index in [4.69, 9.17) is 4.99 Å². The third-order valence-corrected chi connectivity index (χ3v) is 7.28. The zero-order valence-electron chi connectivity index (χ0n) is 17.3. The summed E-state index contributed by atoms with van der Waals surface area (Å²) in [5.74, 6) is 0.907. The van der Waals surface area contributed by atoms with Gasteiger partial charge in [0.2, 0.25) is 0 Å². The summed E-state index contributed by atoms with van der Waals surface area (Å²) in [7, 11) is 0. The first kappa shape index (κ1) is 22.2. The van der Waals surface area contributed by atoms with Crippen molar-refractivity contribution in [3.63, 3.8) is 0 Å². The number of halogens is 1. The largest absolute Gasteiger partial charge is 0.352 e. The number of likely N-dealkylation sites (tertiary alicyclic amines) is 1. The van der Waals surface area contributed by atoms with Gasteiger partial charge in [0.1, 0.15) is 5.54 Å². The van der Waals surface area contributed by atoms with Crippen LogP contribution in [-0.2, 0) is 4.79 Å². The number of aliphatic imine (C=N–C) groups is 1. The summed E-state index contributed by atoms with van der Waals surface area (Å²) in [5, 5.41) is 8.87. The molecule has 1 unspecified atom stereocenters. The summed E-state index contributed by atoms with van der Waals surface area (Å²) in [6, 6.07) is 0.0310. The van der Waals surface area contributed by atoms with E-state index in [9.17, 15) is 9.59 Å². The van der Waals surface area contributed by atoms with Crippen LogP contribution >= 0.6 is 24.0 Å². The molecule has 0 aromatic carbocycles. The molecule has 1 aliphatic carbocycles. The van der Waals surface area contributed by atoms with Crippen LogP contribution in [0.25, 0.3) is 0 Å². The molecule has 0 aromatic rings. The van der Waals surface area contributed by atoms with Crippen molar-refractivity contribution in [3.05, 3.63) is 0 Å². The molecule has 154 valence electrons. The third-order valence-electron chi connectivity index (χ3n) is 7.28. The van der Waals surface area contributed by atoms with E-state index >= 15 is 0 Å². The van der Waals surface area contributed by atoms with Gasteiger partial charge in [0.25, 0.3) is 5.91 Å². The molecule has 2 heterocycles. The van der Waals surface area contributed by atoms with Gasteiger partial charge >= 0.3 is 6.03 Å². The first-order valence-electron chi connectivity index (χ1n) is 9.73. The van der Waals surface area contributed by atoms with Crippen molar-refractivity contribution in [2.75, 3.05) is 19.6 Å². The molecule has 2 saturated heterocycles. The lowest BCUT2D eigenvalue weighted by atomic mass is 9.79. The van der Waals surface area contributed by atoms with E-state index in [1.165, 1.54) is 0 Å². The van der Waals surface area contributed by atoms with Gasteiger partial charge in [0, 0.05) is 25.7 Å². The number of hydrogen-bond donors (Lipinski definition) is 3. The van der Waals surface area contributed by atoms with Crippen LogP contribution in [0.3, 0.4) is 0 Å². The van der Waals surface area contributed by atoms with Crippen LogP contribution in [0.1, 0.15) is 54.4 Å². The third kappa shape index (κ3) is 3.65. The minimum absolute atomic E-state index is 0. The number of guanidine groups is 1. The van der Waals surface area contributed by atoms with E-state index in [2.05, 4.69) is 55.5 Å². The van der Waals surface area contributed by atoms with Crippen molar-refractivity contribution in [1.82, 2.24) is 20.9 Å². The van der Waals surface area contributed by atoms with E-state index in [-0.39, 0.29) is 52.7 Å². The molecule has 7 nitrogen and oxygen atoms in total.